The fourth-order valence-corrected chi connectivity index (χ4v) is 3.11. The van der Waals surface area contributed by atoms with Crippen LogP contribution >= 0.6 is 0 Å². The van der Waals surface area contributed by atoms with Crippen molar-refractivity contribution in [1.29, 1.82) is 0 Å². The average Bonchev–Trinajstić information content (AvgIpc) is 2.96. The molecule has 0 aliphatic heterocycles. The normalized spacial score (nSPS) is 11.9. The molecule has 0 saturated heterocycles. The van der Waals surface area contributed by atoms with E-state index in [4.69, 9.17) is 0 Å². The van der Waals surface area contributed by atoms with Gasteiger partial charge in [-0.3, -0.25) is 14.5 Å². The first-order valence-corrected chi connectivity index (χ1v) is 8.48. The summed E-state index contributed by atoms with van der Waals surface area (Å²) < 4.78 is 40.5. The molecule has 3 aromatic heterocycles. The van der Waals surface area contributed by atoms with Crippen molar-refractivity contribution < 1.29 is 13.2 Å². The molecule has 0 fully saturated rings. The summed E-state index contributed by atoms with van der Waals surface area (Å²) in [7, 11) is 0. The SMILES string of the molecule is Cc1cncc(Cn2c(=O)[nH]c3ncc(-c4cccc(C(F)(F)F)c4)cc32)c1. The Bertz CT molecular complexity index is 1220. The Labute approximate surface area is 157 Å². The molecule has 0 unspecified atom stereocenters. The molecule has 1 N–H and O–H groups in total. The zero-order valence-corrected chi connectivity index (χ0v) is 14.8. The smallest absolute Gasteiger partial charge is 0.290 e. The van der Waals surface area contributed by atoms with E-state index in [0.717, 1.165) is 23.3 Å². The molecule has 142 valence electrons. The van der Waals surface area contributed by atoms with Gasteiger partial charge in [-0.15, -0.1) is 0 Å². The van der Waals surface area contributed by atoms with Gasteiger partial charge in [0.05, 0.1) is 17.6 Å². The van der Waals surface area contributed by atoms with E-state index < -0.39 is 11.7 Å². The maximum Gasteiger partial charge on any atom is 0.416 e. The van der Waals surface area contributed by atoms with Gasteiger partial charge in [-0.25, -0.2) is 9.78 Å². The quantitative estimate of drug-likeness (QED) is 0.577. The van der Waals surface area contributed by atoms with E-state index in [1.807, 2.05) is 13.0 Å². The summed E-state index contributed by atoms with van der Waals surface area (Å²) in [4.78, 5) is 23.4. The topological polar surface area (TPSA) is 63.6 Å². The lowest BCUT2D eigenvalue weighted by atomic mass is 10.0. The largest absolute Gasteiger partial charge is 0.416 e. The van der Waals surface area contributed by atoms with E-state index >= 15 is 0 Å². The minimum absolute atomic E-state index is 0.279. The Morgan fingerprint density at radius 2 is 1.89 bits per heavy atom. The molecule has 5 nitrogen and oxygen atoms in total. The van der Waals surface area contributed by atoms with Crippen molar-refractivity contribution in [2.75, 3.05) is 0 Å². The molecule has 4 aromatic rings. The number of rotatable bonds is 3. The van der Waals surface area contributed by atoms with Crippen LogP contribution in [0.15, 0.2) is 59.8 Å². The molecule has 0 radical (unpaired) electrons. The number of aryl methyl sites for hydroxylation is 1. The number of halogens is 3. The van der Waals surface area contributed by atoms with Crippen LogP contribution in [0.4, 0.5) is 13.2 Å². The van der Waals surface area contributed by atoms with Crippen molar-refractivity contribution >= 4 is 11.2 Å². The Morgan fingerprint density at radius 1 is 1.07 bits per heavy atom. The number of aromatic nitrogens is 4. The molecule has 0 spiro atoms. The summed E-state index contributed by atoms with van der Waals surface area (Å²) in [6, 6.07) is 8.61. The summed E-state index contributed by atoms with van der Waals surface area (Å²) in [5.41, 5.74) is 2.49. The van der Waals surface area contributed by atoms with Crippen molar-refractivity contribution in [2.45, 2.75) is 19.6 Å². The van der Waals surface area contributed by atoms with E-state index in [9.17, 15) is 18.0 Å². The highest BCUT2D eigenvalue weighted by Crippen LogP contribution is 2.32. The molecule has 0 bridgehead atoms. The van der Waals surface area contributed by atoms with Crippen LogP contribution in [0, 0.1) is 6.92 Å². The van der Waals surface area contributed by atoms with Crippen molar-refractivity contribution in [2.24, 2.45) is 0 Å². The van der Waals surface area contributed by atoms with Crippen LogP contribution < -0.4 is 5.69 Å². The molecule has 0 atom stereocenters. The zero-order chi connectivity index (χ0) is 19.9. The molecule has 3 heterocycles. The Balaban J connectivity index is 1.80. The second-order valence-corrected chi connectivity index (χ2v) is 6.56. The third-order valence-electron chi connectivity index (χ3n) is 4.42. The number of pyridine rings is 2. The van der Waals surface area contributed by atoms with E-state index in [0.29, 0.717) is 22.3 Å². The number of hydrogen-bond acceptors (Lipinski definition) is 3. The Kier molecular flexibility index (Phi) is 4.26. The van der Waals surface area contributed by atoms with E-state index in [1.54, 1.807) is 24.5 Å². The molecule has 8 heteroatoms. The predicted octanol–water partition coefficient (Wildman–Crippen LogP) is 4.16. The second-order valence-electron chi connectivity index (χ2n) is 6.56. The number of imidazole rings is 1. The number of fused-ring (bicyclic) bond motifs is 1. The van der Waals surface area contributed by atoms with E-state index in [-0.39, 0.29) is 12.2 Å². The second kappa shape index (κ2) is 6.63. The standard InChI is InChI=1S/C20H15F3N4O/c1-12-5-13(9-24-8-12)11-27-17-7-15(10-25-18(17)26-19(27)28)14-3-2-4-16(6-14)20(21,22)23/h2-10H,11H2,1H3,(H,25,26,28). The molecule has 0 saturated carbocycles. The summed E-state index contributed by atoms with van der Waals surface area (Å²) in [6.45, 7) is 2.18. The number of nitrogens with one attached hydrogen (secondary N) is 1. The van der Waals surface area contributed by atoms with Crippen molar-refractivity contribution in [1.82, 2.24) is 19.5 Å². The highest BCUT2D eigenvalue weighted by molar-refractivity contribution is 5.78. The van der Waals surface area contributed by atoms with Gasteiger partial charge in [0.25, 0.3) is 0 Å². The van der Waals surface area contributed by atoms with Crippen LogP contribution in [0.2, 0.25) is 0 Å². The summed E-state index contributed by atoms with van der Waals surface area (Å²) >= 11 is 0. The fraction of sp³-hybridized carbons (Fsp3) is 0.150. The number of aromatic amines is 1. The van der Waals surface area contributed by atoms with Gasteiger partial charge in [-0.05, 0) is 41.8 Å². The number of nitrogens with zero attached hydrogens (tertiary/aromatic N) is 3. The monoisotopic (exact) mass is 384 g/mol. The van der Waals surface area contributed by atoms with Gasteiger partial charge in [-0.2, -0.15) is 13.2 Å². The molecule has 1 aromatic carbocycles. The van der Waals surface area contributed by atoms with Gasteiger partial charge >= 0.3 is 11.9 Å². The minimum atomic E-state index is -4.43. The molecule has 4 rings (SSSR count). The Morgan fingerprint density at radius 3 is 2.64 bits per heavy atom. The average molecular weight is 384 g/mol. The van der Waals surface area contributed by atoms with Gasteiger partial charge < -0.3 is 0 Å². The highest BCUT2D eigenvalue weighted by atomic mass is 19.4. The minimum Gasteiger partial charge on any atom is -0.290 e. The van der Waals surface area contributed by atoms with Crippen LogP contribution in [0.25, 0.3) is 22.3 Å². The third-order valence-corrected chi connectivity index (χ3v) is 4.42. The lowest BCUT2D eigenvalue weighted by molar-refractivity contribution is -0.137. The maximum absolute atomic E-state index is 13.0. The van der Waals surface area contributed by atoms with E-state index in [1.165, 1.54) is 16.8 Å². The van der Waals surface area contributed by atoms with Gasteiger partial charge in [-0.1, -0.05) is 18.2 Å². The molecular weight excluding hydrogens is 369 g/mol. The molecule has 0 amide bonds. The maximum atomic E-state index is 13.0. The highest BCUT2D eigenvalue weighted by Gasteiger charge is 2.30. The van der Waals surface area contributed by atoms with Crippen molar-refractivity contribution in [3.8, 4) is 11.1 Å². The van der Waals surface area contributed by atoms with Gasteiger partial charge in [0, 0.05) is 24.2 Å². The van der Waals surface area contributed by atoms with Crippen LogP contribution in [0.3, 0.4) is 0 Å². The van der Waals surface area contributed by atoms with Crippen molar-refractivity contribution in [3.05, 3.63) is 82.2 Å². The number of alkyl halides is 3. The van der Waals surface area contributed by atoms with Crippen LogP contribution in [-0.2, 0) is 12.7 Å². The summed E-state index contributed by atoms with van der Waals surface area (Å²) in [6.07, 6.45) is 0.408. The van der Waals surface area contributed by atoms with Crippen LogP contribution in [0.5, 0.6) is 0 Å². The first-order chi connectivity index (χ1) is 13.3. The van der Waals surface area contributed by atoms with Gasteiger partial charge in [0.15, 0.2) is 5.65 Å². The Hall–Kier alpha value is -3.42. The number of H-pyrrole nitrogens is 1. The molecular formula is C20H15F3N4O. The summed E-state index contributed by atoms with van der Waals surface area (Å²) in [5.74, 6) is 0. The fourth-order valence-electron chi connectivity index (χ4n) is 3.11. The van der Waals surface area contributed by atoms with Crippen LogP contribution in [-0.4, -0.2) is 19.5 Å². The predicted molar refractivity (Wildman–Crippen MR) is 98.9 cm³/mol. The molecule has 0 aliphatic carbocycles. The zero-order valence-electron chi connectivity index (χ0n) is 14.8. The van der Waals surface area contributed by atoms with Crippen molar-refractivity contribution in [3.63, 3.8) is 0 Å². The lowest BCUT2D eigenvalue weighted by Gasteiger charge is -2.09. The van der Waals surface area contributed by atoms with Crippen LogP contribution in [0.1, 0.15) is 16.7 Å². The number of hydrogen-bond donors (Lipinski definition) is 1. The molecule has 28 heavy (non-hydrogen) atoms. The number of benzene rings is 1. The van der Waals surface area contributed by atoms with E-state index in [2.05, 4.69) is 15.0 Å². The third kappa shape index (κ3) is 3.40. The lowest BCUT2D eigenvalue weighted by Crippen LogP contribution is -2.17. The van der Waals surface area contributed by atoms with Gasteiger partial charge in [0.2, 0.25) is 0 Å². The molecule has 0 aliphatic rings. The summed E-state index contributed by atoms with van der Waals surface area (Å²) in [5, 5.41) is 0. The van der Waals surface area contributed by atoms with Gasteiger partial charge in [0.1, 0.15) is 0 Å². The first-order valence-electron chi connectivity index (χ1n) is 8.48. The first kappa shape index (κ1) is 18.0.